The zero-order chi connectivity index (χ0) is 17.6. The molecule has 1 atom stereocenters. The Labute approximate surface area is 142 Å². The van der Waals surface area contributed by atoms with E-state index in [1.807, 2.05) is 30.3 Å². The van der Waals surface area contributed by atoms with E-state index in [0.29, 0.717) is 16.8 Å². The summed E-state index contributed by atoms with van der Waals surface area (Å²) < 4.78 is 5.41. The molecule has 0 aliphatic carbocycles. The Morgan fingerprint density at radius 2 is 1.88 bits per heavy atom. The number of anilines is 1. The summed E-state index contributed by atoms with van der Waals surface area (Å²) in [5, 5.41) is 13.7. The molecule has 1 spiro atoms. The molecule has 124 valence electrons. The minimum Gasteiger partial charge on any atom is -0.440 e. The fourth-order valence-corrected chi connectivity index (χ4v) is 3.25. The summed E-state index contributed by atoms with van der Waals surface area (Å²) in [5.74, 6) is -1.16. The number of carbonyl (C=O) groups excluding carboxylic acids is 2. The van der Waals surface area contributed by atoms with E-state index >= 15 is 0 Å². The molecular formula is C18H12N2O5. The van der Waals surface area contributed by atoms with Crippen LogP contribution in [0.5, 0.6) is 0 Å². The van der Waals surface area contributed by atoms with Gasteiger partial charge in [-0.1, -0.05) is 30.3 Å². The van der Waals surface area contributed by atoms with Gasteiger partial charge in [0, 0.05) is 35.9 Å². The van der Waals surface area contributed by atoms with Crippen LogP contribution in [0.1, 0.15) is 17.5 Å². The number of fused-ring (bicyclic) bond motifs is 2. The van der Waals surface area contributed by atoms with Gasteiger partial charge < -0.3 is 10.1 Å². The second kappa shape index (κ2) is 5.27. The molecule has 0 fully saturated rings. The normalized spacial score (nSPS) is 21.4. The van der Waals surface area contributed by atoms with Crippen LogP contribution in [0.2, 0.25) is 0 Å². The minimum atomic E-state index is -1.58. The zero-order valence-electron chi connectivity index (χ0n) is 12.9. The first-order valence-electron chi connectivity index (χ1n) is 7.59. The van der Waals surface area contributed by atoms with Crippen molar-refractivity contribution in [2.45, 2.75) is 12.0 Å². The smallest absolute Gasteiger partial charge is 0.332 e. The highest BCUT2D eigenvalue weighted by Gasteiger charge is 2.53. The third-order valence-corrected chi connectivity index (χ3v) is 4.41. The SMILES string of the molecule is O=C1C=C(c2ccccc2)CC2(O1)C(=O)Nc1ccc([N+](=O)[O-])cc12. The molecule has 2 heterocycles. The summed E-state index contributed by atoms with van der Waals surface area (Å²) in [6.07, 6.45) is 1.46. The van der Waals surface area contributed by atoms with E-state index in [-0.39, 0.29) is 12.1 Å². The highest BCUT2D eigenvalue weighted by atomic mass is 16.6. The van der Waals surface area contributed by atoms with Crippen LogP contribution in [0.25, 0.3) is 5.57 Å². The monoisotopic (exact) mass is 336 g/mol. The summed E-state index contributed by atoms with van der Waals surface area (Å²) >= 11 is 0. The zero-order valence-corrected chi connectivity index (χ0v) is 12.9. The van der Waals surface area contributed by atoms with Crippen LogP contribution in [0.3, 0.4) is 0 Å². The Balaban J connectivity index is 1.84. The van der Waals surface area contributed by atoms with Gasteiger partial charge in [-0.3, -0.25) is 14.9 Å². The highest BCUT2D eigenvalue weighted by Crippen LogP contribution is 2.47. The average molecular weight is 336 g/mol. The average Bonchev–Trinajstić information content (AvgIpc) is 2.86. The Bertz CT molecular complexity index is 951. The van der Waals surface area contributed by atoms with Crippen molar-refractivity contribution in [1.29, 1.82) is 0 Å². The third-order valence-electron chi connectivity index (χ3n) is 4.41. The molecule has 0 bridgehead atoms. The summed E-state index contributed by atoms with van der Waals surface area (Å²) in [7, 11) is 0. The van der Waals surface area contributed by atoms with Crippen LogP contribution in [0, 0.1) is 10.1 Å². The molecule has 0 saturated carbocycles. The van der Waals surface area contributed by atoms with Crippen molar-refractivity contribution in [2.75, 3.05) is 5.32 Å². The molecule has 2 aromatic carbocycles. The summed E-state index contributed by atoms with van der Waals surface area (Å²) in [6.45, 7) is 0. The number of esters is 1. The van der Waals surface area contributed by atoms with Crippen molar-refractivity contribution < 1.29 is 19.2 Å². The number of rotatable bonds is 2. The van der Waals surface area contributed by atoms with E-state index < -0.39 is 22.4 Å². The predicted molar refractivity (Wildman–Crippen MR) is 88.5 cm³/mol. The number of non-ortho nitro benzene ring substituents is 1. The quantitative estimate of drug-likeness (QED) is 0.516. The number of hydrogen-bond acceptors (Lipinski definition) is 5. The minimum absolute atomic E-state index is 0.114. The van der Waals surface area contributed by atoms with E-state index in [2.05, 4.69) is 5.32 Å². The second-order valence-corrected chi connectivity index (χ2v) is 5.90. The lowest BCUT2D eigenvalue weighted by Crippen LogP contribution is -2.41. The molecule has 4 rings (SSSR count). The maximum absolute atomic E-state index is 12.6. The van der Waals surface area contributed by atoms with Gasteiger partial charge in [0.15, 0.2) is 0 Å². The molecule has 0 aromatic heterocycles. The lowest BCUT2D eigenvalue weighted by atomic mass is 9.83. The number of nitrogens with zero attached hydrogens (tertiary/aromatic N) is 1. The Hall–Kier alpha value is -3.48. The number of nitro groups is 1. The van der Waals surface area contributed by atoms with E-state index in [1.54, 1.807) is 0 Å². The van der Waals surface area contributed by atoms with Crippen molar-refractivity contribution >= 4 is 28.8 Å². The lowest BCUT2D eigenvalue weighted by Gasteiger charge is -2.31. The lowest BCUT2D eigenvalue weighted by molar-refractivity contribution is -0.385. The number of ether oxygens (including phenoxy) is 1. The molecule has 1 N–H and O–H groups in total. The number of hydrogen-bond donors (Lipinski definition) is 1. The van der Waals surface area contributed by atoms with Crippen LogP contribution in [-0.4, -0.2) is 16.8 Å². The van der Waals surface area contributed by atoms with E-state index in [1.165, 1.54) is 24.3 Å². The van der Waals surface area contributed by atoms with Crippen molar-refractivity contribution in [3.05, 3.63) is 75.8 Å². The molecule has 0 radical (unpaired) electrons. The molecule has 1 unspecified atom stereocenters. The maximum Gasteiger partial charge on any atom is 0.332 e. The fourth-order valence-electron chi connectivity index (χ4n) is 3.25. The highest BCUT2D eigenvalue weighted by molar-refractivity contribution is 6.10. The molecule has 1 amide bonds. The molecule has 2 aliphatic rings. The van der Waals surface area contributed by atoms with Crippen molar-refractivity contribution in [1.82, 2.24) is 0 Å². The number of benzene rings is 2. The molecule has 2 aromatic rings. The van der Waals surface area contributed by atoms with Gasteiger partial charge in [-0.05, 0) is 17.2 Å². The van der Waals surface area contributed by atoms with Crippen LogP contribution >= 0.6 is 0 Å². The van der Waals surface area contributed by atoms with E-state index in [9.17, 15) is 19.7 Å². The largest absolute Gasteiger partial charge is 0.440 e. The number of nitrogens with one attached hydrogen (secondary N) is 1. The van der Waals surface area contributed by atoms with Gasteiger partial charge in [-0.2, -0.15) is 0 Å². The number of carbonyl (C=O) groups is 2. The van der Waals surface area contributed by atoms with Crippen LogP contribution < -0.4 is 5.32 Å². The third kappa shape index (κ3) is 2.28. The van der Waals surface area contributed by atoms with Gasteiger partial charge in [0.2, 0.25) is 5.60 Å². The van der Waals surface area contributed by atoms with Gasteiger partial charge >= 0.3 is 5.97 Å². The molecule has 2 aliphatic heterocycles. The van der Waals surface area contributed by atoms with E-state index in [4.69, 9.17) is 4.74 Å². The van der Waals surface area contributed by atoms with Crippen molar-refractivity contribution in [3.63, 3.8) is 0 Å². The van der Waals surface area contributed by atoms with Crippen LogP contribution in [0.4, 0.5) is 11.4 Å². The van der Waals surface area contributed by atoms with Crippen LogP contribution in [0.15, 0.2) is 54.6 Å². The molecule has 7 heteroatoms. The Morgan fingerprint density at radius 3 is 2.60 bits per heavy atom. The topological polar surface area (TPSA) is 98.5 Å². The Kier molecular flexibility index (Phi) is 3.18. The second-order valence-electron chi connectivity index (χ2n) is 5.90. The number of amides is 1. The van der Waals surface area contributed by atoms with Crippen molar-refractivity contribution in [2.24, 2.45) is 0 Å². The molecular weight excluding hydrogens is 324 g/mol. The first kappa shape index (κ1) is 15.1. The fraction of sp³-hybridized carbons (Fsp3) is 0.111. The first-order chi connectivity index (χ1) is 12.0. The molecule has 25 heavy (non-hydrogen) atoms. The molecule has 0 saturated heterocycles. The standard InChI is InChI=1S/C18H12N2O5/c21-16-8-12(11-4-2-1-3-5-11)10-18(25-16)14-9-13(20(23)24)6-7-15(14)19-17(18)22/h1-9H,10H2,(H,19,22). The van der Waals surface area contributed by atoms with Gasteiger partial charge in [0.05, 0.1) is 4.92 Å². The van der Waals surface area contributed by atoms with Crippen molar-refractivity contribution in [3.8, 4) is 0 Å². The van der Waals surface area contributed by atoms with Crippen LogP contribution in [-0.2, 0) is 19.9 Å². The maximum atomic E-state index is 12.6. The summed E-state index contributed by atoms with van der Waals surface area (Å²) in [4.78, 5) is 35.3. The van der Waals surface area contributed by atoms with E-state index in [0.717, 1.165) is 5.56 Å². The van der Waals surface area contributed by atoms with Gasteiger partial charge in [0.1, 0.15) is 0 Å². The van der Waals surface area contributed by atoms with Gasteiger partial charge in [-0.15, -0.1) is 0 Å². The van der Waals surface area contributed by atoms with Gasteiger partial charge in [-0.25, -0.2) is 4.79 Å². The summed E-state index contributed by atoms with van der Waals surface area (Å²) in [6, 6.07) is 13.2. The predicted octanol–water partition coefficient (Wildman–Crippen LogP) is 2.77. The number of nitro benzene ring substituents is 1. The molecule has 7 nitrogen and oxygen atoms in total. The Morgan fingerprint density at radius 1 is 1.12 bits per heavy atom. The first-order valence-corrected chi connectivity index (χ1v) is 7.59. The van der Waals surface area contributed by atoms with Gasteiger partial charge in [0.25, 0.3) is 11.6 Å². The summed E-state index contributed by atoms with van der Waals surface area (Å²) in [5.41, 5.74) is 0.413.